The van der Waals surface area contributed by atoms with Crippen LogP contribution in [0.5, 0.6) is 11.5 Å². The van der Waals surface area contributed by atoms with Gasteiger partial charge in [-0.3, -0.25) is 9.59 Å². The summed E-state index contributed by atoms with van der Waals surface area (Å²) < 4.78 is 23.3. The average molecular weight is 939 g/mol. The largest absolute Gasteiger partial charge is 0.493 e. The van der Waals surface area contributed by atoms with E-state index in [1.165, 1.54) is 0 Å². The Kier molecular flexibility index (Phi) is 15.5. The van der Waals surface area contributed by atoms with E-state index >= 15 is 0 Å². The van der Waals surface area contributed by atoms with Gasteiger partial charge < -0.3 is 33.6 Å². The molecule has 3 heterocycles. The SMILES string of the molecule is Cc1oc(-c2ccccc2)nc1CCOc1ccc(CC2C(=O)NOC2=O)cc1.Cc1oc(-c2ccccc2)nc1CCOc1ccc(C[C@H](Nc2ccccc2C(=O)c2ccccc2)C(=O)O)cc1. The lowest BCUT2D eigenvalue weighted by atomic mass is 9.99. The van der Waals surface area contributed by atoms with Crippen molar-refractivity contribution in [2.75, 3.05) is 18.5 Å². The number of hydrogen-bond acceptors (Lipinski definition) is 12. The Morgan fingerprint density at radius 1 is 0.643 bits per heavy atom. The molecular formula is C56H50N4O10. The second-order valence-corrected chi connectivity index (χ2v) is 16.4. The van der Waals surface area contributed by atoms with Crippen molar-refractivity contribution in [3.8, 4) is 34.4 Å². The van der Waals surface area contributed by atoms with Crippen molar-refractivity contribution >= 4 is 29.3 Å². The van der Waals surface area contributed by atoms with Crippen molar-refractivity contribution in [3.05, 3.63) is 209 Å². The highest BCUT2D eigenvalue weighted by atomic mass is 16.7. The van der Waals surface area contributed by atoms with E-state index in [-0.39, 0.29) is 12.2 Å². The van der Waals surface area contributed by atoms with Crippen molar-refractivity contribution in [3.63, 3.8) is 0 Å². The topological polar surface area (TPSA) is 192 Å². The molecule has 1 unspecified atom stereocenters. The van der Waals surface area contributed by atoms with Crippen LogP contribution in [-0.2, 0) is 44.9 Å². The van der Waals surface area contributed by atoms with E-state index in [2.05, 4.69) is 25.6 Å². The van der Waals surface area contributed by atoms with E-state index in [0.717, 1.165) is 45.2 Å². The van der Waals surface area contributed by atoms with Crippen LogP contribution in [0, 0.1) is 19.8 Å². The summed E-state index contributed by atoms with van der Waals surface area (Å²) >= 11 is 0. The van der Waals surface area contributed by atoms with Gasteiger partial charge in [0.05, 0.1) is 24.6 Å². The molecular weight excluding hydrogens is 889 g/mol. The summed E-state index contributed by atoms with van der Waals surface area (Å²) in [6.07, 6.45) is 1.74. The number of benzene rings is 6. The molecule has 2 aromatic heterocycles. The molecule has 0 bridgehead atoms. The highest BCUT2D eigenvalue weighted by molar-refractivity contribution is 6.12. The number of carboxylic acids is 1. The van der Waals surface area contributed by atoms with Crippen LogP contribution < -0.4 is 20.3 Å². The van der Waals surface area contributed by atoms with Crippen LogP contribution >= 0.6 is 0 Å². The van der Waals surface area contributed by atoms with Crippen molar-refractivity contribution in [1.29, 1.82) is 0 Å². The molecule has 9 rings (SSSR count). The number of hydrogen-bond donors (Lipinski definition) is 3. The van der Waals surface area contributed by atoms with E-state index < -0.39 is 29.8 Å². The number of amides is 1. The number of para-hydroxylation sites is 1. The zero-order valence-corrected chi connectivity index (χ0v) is 38.5. The average Bonchev–Trinajstić information content (AvgIpc) is 4.06. The van der Waals surface area contributed by atoms with Gasteiger partial charge in [-0.05, 0) is 92.1 Å². The lowest BCUT2D eigenvalue weighted by Gasteiger charge is -2.18. The van der Waals surface area contributed by atoms with E-state index in [1.807, 2.05) is 129 Å². The van der Waals surface area contributed by atoms with Gasteiger partial charge in [0.15, 0.2) is 5.78 Å². The zero-order valence-electron chi connectivity index (χ0n) is 38.5. The number of aryl methyl sites for hydroxylation is 2. The molecule has 1 saturated heterocycles. The molecule has 0 radical (unpaired) electrons. The van der Waals surface area contributed by atoms with Gasteiger partial charge in [0.25, 0.3) is 5.91 Å². The number of carboxylic acid groups (broad SMARTS) is 1. The minimum Gasteiger partial charge on any atom is -0.493 e. The molecule has 0 aliphatic carbocycles. The summed E-state index contributed by atoms with van der Waals surface area (Å²) in [5.74, 6) is 1.20. The highest BCUT2D eigenvalue weighted by Crippen LogP contribution is 2.26. The second kappa shape index (κ2) is 22.8. The van der Waals surface area contributed by atoms with Crippen LogP contribution in [0.3, 0.4) is 0 Å². The first kappa shape index (κ1) is 47.7. The Balaban J connectivity index is 0.000000200. The van der Waals surface area contributed by atoms with Crippen LogP contribution in [-0.4, -0.2) is 58.0 Å². The van der Waals surface area contributed by atoms with Crippen LogP contribution in [0.15, 0.2) is 173 Å². The second-order valence-electron chi connectivity index (χ2n) is 16.4. The number of ether oxygens (including phenoxy) is 2. The summed E-state index contributed by atoms with van der Waals surface area (Å²) in [7, 11) is 0. The molecule has 1 amide bonds. The summed E-state index contributed by atoms with van der Waals surface area (Å²) in [6.45, 7) is 4.67. The molecule has 14 heteroatoms. The summed E-state index contributed by atoms with van der Waals surface area (Å²) in [5.41, 5.74) is 8.80. The maximum Gasteiger partial charge on any atom is 0.345 e. The number of aromatic nitrogens is 2. The Hall–Kier alpha value is -8.78. The van der Waals surface area contributed by atoms with Crippen LogP contribution in [0.4, 0.5) is 5.69 Å². The van der Waals surface area contributed by atoms with Gasteiger partial charge in [0, 0.05) is 47.2 Å². The number of carbonyl (C=O) groups is 4. The lowest BCUT2D eigenvalue weighted by molar-refractivity contribution is -0.146. The van der Waals surface area contributed by atoms with Crippen molar-refractivity contribution < 1.29 is 47.4 Å². The number of carbonyl (C=O) groups excluding carboxylic acids is 3. The number of hydroxylamine groups is 1. The third kappa shape index (κ3) is 12.4. The third-order valence-corrected chi connectivity index (χ3v) is 11.5. The normalized spacial score (nSPS) is 13.3. The van der Waals surface area contributed by atoms with Gasteiger partial charge in [-0.15, -0.1) is 0 Å². The van der Waals surface area contributed by atoms with E-state index in [1.54, 1.807) is 48.5 Å². The summed E-state index contributed by atoms with van der Waals surface area (Å²) in [6, 6.07) is 49.2. The van der Waals surface area contributed by atoms with E-state index in [4.69, 9.17) is 18.3 Å². The monoisotopic (exact) mass is 938 g/mol. The predicted octanol–water partition coefficient (Wildman–Crippen LogP) is 9.63. The van der Waals surface area contributed by atoms with Crippen LogP contribution in [0.25, 0.3) is 22.9 Å². The van der Waals surface area contributed by atoms with Crippen molar-refractivity contribution in [2.24, 2.45) is 5.92 Å². The maximum atomic E-state index is 13.1. The Morgan fingerprint density at radius 2 is 1.13 bits per heavy atom. The first-order chi connectivity index (χ1) is 34.1. The van der Waals surface area contributed by atoms with Gasteiger partial charge in [-0.1, -0.05) is 103 Å². The summed E-state index contributed by atoms with van der Waals surface area (Å²) in [5, 5.41) is 13.0. The van der Waals surface area contributed by atoms with Gasteiger partial charge in [-0.2, -0.15) is 5.48 Å². The minimum atomic E-state index is -1.01. The molecule has 2 atom stereocenters. The van der Waals surface area contributed by atoms with Gasteiger partial charge >= 0.3 is 11.9 Å². The van der Waals surface area contributed by atoms with Crippen LogP contribution in [0.2, 0.25) is 0 Å². The molecule has 1 fully saturated rings. The minimum absolute atomic E-state index is 0.170. The lowest BCUT2D eigenvalue weighted by Crippen LogP contribution is -2.32. The number of nitrogens with zero attached hydrogens (tertiary/aromatic N) is 2. The van der Waals surface area contributed by atoms with Gasteiger partial charge in [-0.25, -0.2) is 19.6 Å². The number of oxazole rings is 2. The molecule has 1 aliphatic rings. The molecule has 0 saturated carbocycles. The maximum absolute atomic E-state index is 13.1. The quantitative estimate of drug-likeness (QED) is 0.0513. The first-order valence-electron chi connectivity index (χ1n) is 22.7. The molecule has 70 heavy (non-hydrogen) atoms. The molecule has 354 valence electrons. The number of rotatable bonds is 19. The zero-order chi connectivity index (χ0) is 48.8. The molecule has 14 nitrogen and oxygen atoms in total. The van der Waals surface area contributed by atoms with Crippen molar-refractivity contribution in [2.45, 2.75) is 45.6 Å². The standard InChI is InChI=1S/C34H30N2O5.C22H20N2O5/c1-23-29(36-33(41-23)26-12-6-3-7-13-26)20-21-40-27-18-16-24(17-19-27)22-31(34(38)39)35-30-15-9-8-14-28(30)32(37)25-10-4-2-5-11-25;1-14-19(23-21(28-14)16-5-3-2-4-6-16)11-12-27-17-9-7-15(8-10-17)13-18-20(25)24-29-22(18)26/h2-19,31,35H,20-22H2,1H3,(H,38,39);2-10,18H,11-13H2,1H3,(H,24,25)/t31-;/m0./s1. The molecule has 1 aliphatic heterocycles. The fourth-order valence-electron chi connectivity index (χ4n) is 7.64. The fourth-order valence-corrected chi connectivity index (χ4v) is 7.64. The molecule has 3 N–H and O–H groups in total. The highest BCUT2D eigenvalue weighted by Gasteiger charge is 2.35. The summed E-state index contributed by atoms with van der Waals surface area (Å²) in [4.78, 5) is 62.0. The number of anilines is 1. The van der Waals surface area contributed by atoms with E-state index in [9.17, 15) is 24.3 Å². The Labute approximate surface area is 404 Å². The first-order valence-corrected chi connectivity index (χ1v) is 22.7. The van der Waals surface area contributed by atoms with Gasteiger partial charge in [0.2, 0.25) is 11.8 Å². The smallest absolute Gasteiger partial charge is 0.345 e. The number of ketones is 1. The number of nitrogens with one attached hydrogen (secondary N) is 2. The van der Waals surface area contributed by atoms with E-state index in [0.29, 0.717) is 72.6 Å². The molecule has 6 aromatic carbocycles. The number of aliphatic carboxylic acids is 1. The van der Waals surface area contributed by atoms with Crippen molar-refractivity contribution in [1.82, 2.24) is 15.4 Å². The Bertz CT molecular complexity index is 3010. The van der Waals surface area contributed by atoms with Crippen LogP contribution in [0.1, 0.15) is 50.0 Å². The molecule has 0 spiro atoms. The predicted molar refractivity (Wildman–Crippen MR) is 261 cm³/mol. The fraction of sp³-hybridized carbons (Fsp3) is 0.179. The van der Waals surface area contributed by atoms with Gasteiger partial charge in [0.1, 0.15) is 35.0 Å². The molecule has 8 aromatic rings. The Morgan fingerprint density at radius 3 is 1.63 bits per heavy atom. The third-order valence-electron chi connectivity index (χ3n) is 11.5.